The predicted octanol–water partition coefficient (Wildman–Crippen LogP) is 1.07. The number of oxazole rings is 1. The van der Waals surface area contributed by atoms with Gasteiger partial charge in [-0.2, -0.15) is 0 Å². The molecule has 3 rings (SSSR count). The monoisotopic (exact) mass is 347 g/mol. The maximum absolute atomic E-state index is 12.1. The van der Waals surface area contributed by atoms with E-state index >= 15 is 0 Å². The molecule has 0 bridgehead atoms. The Morgan fingerprint density at radius 3 is 3.04 bits per heavy atom. The highest BCUT2D eigenvalue weighted by molar-refractivity contribution is 5.76. The highest BCUT2D eigenvalue weighted by atomic mass is 16.5. The van der Waals surface area contributed by atoms with E-state index in [1.807, 2.05) is 18.2 Å². The Bertz CT molecular complexity index is 767. The molecule has 1 aliphatic heterocycles. The minimum Gasteiger partial charge on any atom is -0.408 e. The standard InChI is InChI=1S/C18H25N3O4/c1-24-11-10-20-8-6-14(13-20)12-19-17(22)7-9-21-15-4-2-3-5-16(15)25-18(21)23/h2-5,14H,6-13H2,1H3,(H,19,22). The van der Waals surface area contributed by atoms with Gasteiger partial charge in [0.05, 0.1) is 12.1 Å². The molecule has 25 heavy (non-hydrogen) atoms. The van der Waals surface area contributed by atoms with E-state index in [-0.39, 0.29) is 12.3 Å². The van der Waals surface area contributed by atoms with Crippen molar-refractivity contribution in [2.24, 2.45) is 5.92 Å². The molecule has 7 heteroatoms. The summed E-state index contributed by atoms with van der Waals surface area (Å²) in [4.78, 5) is 26.4. The van der Waals surface area contributed by atoms with E-state index in [9.17, 15) is 9.59 Å². The van der Waals surface area contributed by atoms with Crippen molar-refractivity contribution < 1.29 is 13.9 Å². The zero-order valence-electron chi connectivity index (χ0n) is 14.6. The lowest BCUT2D eigenvalue weighted by molar-refractivity contribution is -0.121. The summed E-state index contributed by atoms with van der Waals surface area (Å²) in [7, 11) is 1.71. The molecule has 1 unspecified atom stereocenters. The third-order valence-corrected chi connectivity index (χ3v) is 4.71. The Morgan fingerprint density at radius 1 is 1.36 bits per heavy atom. The summed E-state index contributed by atoms with van der Waals surface area (Å²) in [5.74, 6) is 0.0318. The number of benzene rings is 1. The number of nitrogens with one attached hydrogen (secondary N) is 1. The number of hydrogen-bond acceptors (Lipinski definition) is 5. The highest BCUT2D eigenvalue weighted by Gasteiger charge is 2.22. The molecule has 1 aliphatic rings. The van der Waals surface area contributed by atoms with Gasteiger partial charge in [0.1, 0.15) is 0 Å². The van der Waals surface area contributed by atoms with Crippen molar-refractivity contribution in [2.75, 3.05) is 39.9 Å². The quantitative estimate of drug-likeness (QED) is 0.773. The fraction of sp³-hybridized carbons (Fsp3) is 0.556. The Morgan fingerprint density at radius 2 is 2.20 bits per heavy atom. The van der Waals surface area contributed by atoms with Crippen LogP contribution in [0.5, 0.6) is 0 Å². The smallest absolute Gasteiger partial charge is 0.408 e. The van der Waals surface area contributed by atoms with Crippen molar-refractivity contribution in [3.8, 4) is 0 Å². The zero-order chi connectivity index (χ0) is 17.6. The summed E-state index contributed by atoms with van der Waals surface area (Å²) in [6.07, 6.45) is 1.36. The number of fused-ring (bicyclic) bond motifs is 1. The molecule has 1 atom stereocenters. The first-order valence-corrected chi connectivity index (χ1v) is 8.73. The molecule has 7 nitrogen and oxygen atoms in total. The molecule has 1 amide bonds. The lowest BCUT2D eigenvalue weighted by atomic mass is 10.1. The summed E-state index contributed by atoms with van der Waals surface area (Å²) in [5, 5.41) is 2.99. The van der Waals surface area contributed by atoms with Crippen molar-refractivity contribution in [1.82, 2.24) is 14.8 Å². The molecule has 2 heterocycles. The van der Waals surface area contributed by atoms with E-state index in [0.29, 0.717) is 24.6 Å². The van der Waals surface area contributed by atoms with Gasteiger partial charge in [0, 0.05) is 39.7 Å². The molecule has 1 saturated heterocycles. The third kappa shape index (κ3) is 4.49. The summed E-state index contributed by atoms with van der Waals surface area (Å²) in [6.45, 7) is 4.75. The minimum atomic E-state index is -0.418. The fourth-order valence-electron chi connectivity index (χ4n) is 3.29. The number of nitrogens with zero attached hydrogens (tertiary/aromatic N) is 2. The van der Waals surface area contributed by atoms with Gasteiger partial charge < -0.3 is 19.4 Å². The fourth-order valence-corrected chi connectivity index (χ4v) is 3.29. The number of carbonyl (C=O) groups is 1. The Balaban J connectivity index is 1.44. The van der Waals surface area contributed by atoms with Crippen LogP contribution in [0.1, 0.15) is 12.8 Å². The number of aryl methyl sites for hydroxylation is 1. The van der Waals surface area contributed by atoms with Gasteiger partial charge in [0.2, 0.25) is 5.91 Å². The molecule has 2 aromatic rings. The van der Waals surface area contributed by atoms with Crippen LogP contribution >= 0.6 is 0 Å². The lowest BCUT2D eigenvalue weighted by Gasteiger charge is -2.15. The molecule has 0 spiro atoms. The average Bonchev–Trinajstić information content (AvgIpc) is 3.19. The first-order valence-electron chi connectivity index (χ1n) is 8.73. The maximum atomic E-state index is 12.1. The van der Waals surface area contributed by atoms with Crippen LogP contribution < -0.4 is 11.1 Å². The number of rotatable bonds is 8. The second-order valence-electron chi connectivity index (χ2n) is 6.49. The Kier molecular flexibility index (Phi) is 5.88. The predicted molar refractivity (Wildman–Crippen MR) is 94.5 cm³/mol. The van der Waals surface area contributed by atoms with Crippen LogP contribution in [0, 0.1) is 5.92 Å². The summed E-state index contributed by atoms with van der Waals surface area (Å²) in [6, 6.07) is 7.25. The van der Waals surface area contributed by atoms with Gasteiger partial charge in [-0.1, -0.05) is 12.1 Å². The normalized spacial score (nSPS) is 18.0. The molecule has 0 radical (unpaired) electrons. The molecule has 136 valence electrons. The Hall–Kier alpha value is -2.12. The van der Waals surface area contributed by atoms with Gasteiger partial charge in [-0.15, -0.1) is 0 Å². The summed E-state index contributed by atoms with van der Waals surface area (Å²) in [5.41, 5.74) is 1.28. The molecule has 1 aromatic carbocycles. The second-order valence-corrected chi connectivity index (χ2v) is 6.49. The largest absolute Gasteiger partial charge is 0.419 e. The molecular formula is C18H25N3O4. The number of likely N-dealkylation sites (tertiary alicyclic amines) is 1. The third-order valence-electron chi connectivity index (χ3n) is 4.71. The van der Waals surface area contributed by atoms with Crippen LogP contribution in [0.4, 0.5) is 0 Å². The maximum Gasteiger partial charge on any atom is 0.419 e. The van der Waals surface area contributed by atoms with Crippen LogP contribution in [-0.4, -0.2) is 55.3 Å². The van der Waals surface area contributed by atoms with E-state index in [0.717, 1.165) is 38.2 Å². The van der Waals surface area contributed by atoms with E-state index in [1.165, 1.54) is 4.57 Å². The number of para-hydroxylation sites is 2. The van der Waals surface area contributed by atoms with Crippen molar-refractivity contribution in [2.45, 2.75) is 19.4 Å². The Labute approximate surface area is 146 Å². The number of amides is 1. The van der Waals surface area contributed by atoms with Crippen LogP contribution in [0.15, 0.2) is 33.5 Å². The van der Waals surface area contributed by atoms with Crippen molar-refractivity contribution in [3.05, 3.63) is 34.8 Å². The highest BCUT2D eigenvalue weighted by Crippen LogP contribution is 2.15. The first-order chi connectivity index (χ1) is 12.2. The molecule has 0 aliphatic carbocycles. The summed E-state index contributed by atoms with van der Waals surface area (Å²) < 4.78 is 11.8. The first kappa shape index (κ1) is 17.7. The second kappa shape index (κ2) is 8.31. The van der Waals surface area contributed by atoms with E-state index < -0.39 is 5.76 Å². The molecule has 1 N–H and O–H groups in total. The van der Waals surface area contributed by atoms with E-state index in [4.69, 9.17) is 9.15 Å². The lowest BCUT2D eigenvalue weighted by Crippen LogP contribution is -2.32. The van der Waals surface area contributed by atoms with Crippen molar-refractivity contribution in [1.29, 1.82) is 0 Å². The number of methoxy groups -OCH3 is 1. The topological polar surface area (TPSA) is 76.7 Å². The van der Waals surface area contributed by atoms with Crippen LogP contribution in [0.2, 0.25) is 0 Å². The van der Waals surface area contributed by atoms with Gasteiger partial charge in [0.25, 0.3) is 0 Å². The number of carbonyl (C=O) groups excluding carboxylic acids is 1. The van der Waals surface area contributed by atoms with Gasteiger partial charge in [-0.05, 0) is 31.0 Å². The van der Waals surface area contributed by atoms with Crippen LogP contribution in [0.25, 0.3) is 11.1 Å². The molecule has 1 fully saturated rings. The number of aromatic nitrogens is 1. The van der Waals surface area contributed by atoms with Crippen LogP contribution in [-0.2, 0) is 16.1 Å². The molecule has 0 saturated carbocycles. The SMILES string of the molecule is COCCN1CCC(CNC(=O)CCn2c(=O)oc3ccccc32)C1. The minimum absolute atomic E-state index is 0.0347. The van der Waals surface area contributed by atoms with Gasteiger partial charge in [0.15, 0.2) is 5.58 Å². The van der Waals surface area contributed by atoms with Gasteiger partial charge >= 0.3 is 5.76 Å². The zero-order valence-corrected chi connectivity index (χ0v) is 14.6. The van der Waals surface area contributed by atoms with Crippen molar-refractivity contribution in [3.63, 3.8) is 0 Å². The number of ether oxygens (including phenoxy) is 1. The van der Waals surface area contributed by atoms with Gasteiger partial charge in [-0.3, -0.25) is 9.36 Å². The van der Waals surface area contributed by atoms with E-state index in [1.54, 1.807) is 13.2 Å². The average molecular weight is 347 g/mol. The molecular weight excluding hydrogens is 322 g/mol. The number of hydrogen-bond donors (Lipinski definition) is 1. The van der Waals surface area contributed by atoms with Gasteiger partial charge in [-0.25, -0.2) is 4.79 Å². The molecule has 1 aromatic heterocycles. The summed E-state index contributed by atoms with van der Waals surface area (Å²) >= 11 is 0. The van der Waals surface area contributed by atoms with Crippen LogP contribution in [0.3, 0.4) is 0 Å². The van der Waals surface area contributed by atoms with E-state index in [2.05, 4.69) is 10.2 Å². The van der Waals surface area contributed by atoms with Crippen molar-refractivity contribution >= 4 is 17.0 Å².